The Bertz CT molecular complexity index is 762. The minimum absolute atomic E-state index is 0.0141. The quantitative estimate of drug-likeness (QED) is 0.903. The third-order valence-electron chi connectivity index (χ3n) is 5.27. The lowest BCUT2D eigenvalue weighted by Crippen LogP contribution is -2.51. The van der Waals surface area contributed by atoms with Crippen molar-refractivity contribution >= 4 is 5.91 Å². The van der Waals surface area contributed by atoms with E-state index in [0.717, 1.165) is 36.7 Å². The summed E-state index contributed by atoms with van der Waals surface area (Å²) in [6.07, 6.45) is 4.44. The van der Waals surface area contributed by atoms with Crippen molar-refractivity contribution < 1.29 is 4.79 Å². The molecule has 1 amide bonds. The van der Waals surface area contributed by atoms with Crippen LogP contribution in [0.1, 0.15) is 35.7 Å². The monoisotopic (exact) mass is 344 g/mol. The number of nitrogens with one attached hydrogen (secondary N) is 1. The van der Waals surface area contributed by atoms with E-state index in [1.165, 1.54) is 5.56 Å². The minimum atomic E-state index is -0.0810. The Labute approximate surface area is 149 Å². The molecule has 2 atom stereocenters. The predicted octanol–water partition coefficient (Wildman–Crippen LogP) is 1.12. The molecule has 0 saturated carbocycles. The first-order valence-electron chi connectivity index (χ1n) is 8.87. The van der Waals surface area contributed by atoms with Crippen molar-refractivity contribution in [2.24, 2.45) is 20.0 Å². The maximum atomic E-state index is 13.2. The molecule has 7 nitrogen and oxygen atoms in total. The smallest absolute Gasteiger partial charge is 0.226 e. The molecule has 136 valence electrons. The maximum absolute atomic E-state index is 13.2. The number of nitrogens with zero attached hydrogens (tertiary/aromatic N) is 5. The van der Waals surface area contributed by atoms with E-state index in [9.17, 15) is 4.79 Å². The minimum Gasteiger partial charge on any atom is -0.336 e. The fourth-order valence-corrected chi connectivity index (χ4v) is 3.69. The van der Waals surface area contributed by atoms with Gasteiger partial charge < -0.3 is 14.8 Å². The van der Waals surface area contributed by atoms with Crippen LogP contribution >= 0.6 is 0 Å². The van der Waals surface area contributed by atoms with Crippen molar-refractivity contribution in [1.82, 2.24) is 29.5 Å². The topological polar surface area (TPSA) is 68.0 Å². The number of piperazine rings is 1. The van der Waals surface area contributed by atoms with E-state index in [2.05, 4.69) is 22.3 Å². The lowest BCUT2D eigenvalue weighted by atomic mass is 9.97. The highest BCUT2D eigenvalue weighted by Crippen LogP contribution is 2.25. The molecule has 0 bridgehead atoms. The zero-order valence-corrected chi connectivity index (χ0v) is 15.8. The Morgan fingerprint density at radius 3 is 2.76 bits per heavy atom. The summed E-state index contributed by atoms with van der Waals surface area (Å²) in [5.74, 6) is 1.04. The molecule has 0 aromatic carbocycles. The van der Waals surface area contributed by atoms with Crippen molar-refractivity contribution in [3.8, 4) is 0 Å². The van der Waals surface area contributed by atoms with Gasteiger partial charge in [0.2, 0.25) is 5.91 Å². The zero-order chi connectivity index (χ0) is 18.1. The standard InChI is InChI=1S/C18H28N6O/c1-12(10-15-13(2)21-23(5)14(15)3)18(25)24-9-6-19-11-16(24)17-20-7-8-22(17)4/h7-8,12,16,19H,6,9-11H2,1-5H3. The van der Waals surface area contributed by atoms with Gasteiger partial charge >= 0.3 is 0 Å². The second-order valence-electron chi connectivity index (χ2n) is 7.03. The Balaban J connectivity index is 1.79. The largest absolute Gasteiger partial charge is 0.336 e. The van der Waals surface area contributed by atoms with Gasteiger partial charge in [0.1, 0.15) is 11.9 Å². The Hall–Kier alpha value is -2.15. The summed E-state index contributed by atoms with van der Waals surface area (Å²) >= 11 is 0. The van der Waals surface area contributed by atoms with Crippen LogP contribution in [0.3, 0.4) is 0 Å². The second kappa shape index (κ2) is 7.00. The van der Waals surface area contributed by atoms with E-state index >= 15 is 0 Å². The number of hydrogen-bond acceptors (Lipinski definition) is 4. The van der Waals surface area contributed by atoms with E-state index in [-0.39, 0.29) is 17.9 Å². The Kier molecular flexibility index (Phi) is 4.94. The fourth-order valence-electron chi connectivity index (χ4n) is 3.69. The van der Waals surface area contributed by atoms with Crippen LogP contribution in [0.5, 0.6) is 0 Å². The Morgan fingerprint density at radius 1 is 1.40 bits per heavy atom. The summed E-state index contributed by atoms with van der Waals surface area (Å²) in [6.45, 7) is 8.38. The number of imidazole rings is 1. The van der Waals surface area contributed by atoms with Crippen LogP contribution in [-0.2, 0) is 25.3 Å². The van der Waals surface area contributed by atoms with Gasteiger partial charge in [0.15, 0.2) is 0 Å². The molecule has 2 aromatic rings. The molecule has 25 heavy (non-hydrogen) atoms. The molecule has 1 saturated heterocycles. The number of aromatic nitrogens is 4. The number of amides is 1. The molecule has 0 spiro atoms. The molecule has 1 aliphatic heterocycles. The van der Waals surface area contributed by atoms with Crippen LogP contribution in [0.4, 0.5) is 0 Å². The lowest BCUT2D eigenvalue weighted by Gasteiger charge is -2.37. The van der Waals surface area contributed by atoms with E-state index < -0.39 is 0 Å². The summed E-state index contributed by atoms with van der Waals surface area (Å²) in [5.41, 5.74) is 3.34. The van der Waals surface area contributed by atoms with E-state index in [1.54, 1.807) is 6.20 Å². The predicted molar refractivity (Wildman–Crippen MR) is 96.1 cm³/mol. The molecule has 3 rings (SSSR count). The third-order valence-corrected chi connectivity index (χ3v) is 5.27. The lowest BCUT2D eigenvalue weighted by molar-refractivity contribution is -0.138. The number of carbonyl (C=O) groups excluding carboxylic acids is 1. The van der Waals surface area contributed by atoms with Gasteiger partial charge in [0, 0.05) is 57.7 Å². The summed E-state index contributed by atoms with van der Waals surface area (Å²) < 4.78 is 3.89. The van der Waals surface area contributed by atoms with Gasteiger partial charge in [-0.2, -0.15) is 5.10 Å². The first-order valence-corrected chi connectivity index (χ1v) is 8.87. The van der Waals surface area contributed by atoms with Gasteiger partial charge in [-0.25, -0.2) is 4.98 Å². The van der Waals surface area contributed by atoms with Gasteiger partial charge in [0.05, 0.1) is 5.69 Å². The molecule has 0 radical (unpaired) electrons. The molecule has 2 unspecified atom stereocenters. The SMILES string of the molecule is Cc1nn(C)c(C)c1CC(C)C(=O)N1CCNCC1c1nccn1C. The maximum Gasteiger partial charge on any atom is 0.226 e. The van der Waals surface area contributed by atoms with Crippen molar-refractivity contribution in [2.75, 3.05) is 19.6 Å². The second-order valence-corrected chi connectivity index (χ2v) is 7.03. The first-order chi connectivity index (χ1) is 11.9. The molecule has 1 aliphatic rings. The molecule has 1 N–H and O–H groups in total. The third kappa shape index (κ3) is 3.33. The van der Waals surface area contributed by atoms with Gasteiger partial charge in [-0.1, -0.05) is 6.92 Å². The van der Waals surface area contributed by atoms with Gasteiger partial charge in [0.25, 0.3) is 0 Å². The van der Waals surface area contributed by atoms with Crippen molar-refractivity contribution in [1.29, 1.82) is 0 Å². The van der Waals surface area contributed by atoms with Crippen molar-refractivity contribution in [3.63, 3.8) is 0 Å². The molecule has 0 aliphatic carbocycles. The number of hydrogen-bond donors (Lipinski definition) is 1. The molecular weight excluding hydrogens is 316 g/mol. The summed E-state index contributed by atoms with van der Waals surface area (Å²) in [4.78, 5) is 19.6. The Morgan fingerprint density at radius 2 is 2.16 bits per heavy atom. The first kappa shape index (κ1) is 17.7. The highest BCUT2D eigenvalue weighted by Gasteiger charge is 2.33. The van der Waals surface area contributed by atoms with Crippen molar-refractivity contribution in [2.45, 2.75) is 33.2 Å². The average molecular weight is 344 g/mol. The highest BCUT2D eigenvalue weighted by molar-refractivity contribution is 5.79. The van der Waals surface area contributed by atoms with Crippen LogP contribution in [0.2, 0.25) is 0 Å². The summed E-state index contributed by atoms with van der Waals surface area (Å²) in [6, 6.07) is -0.0141. The van der Waals surface area contributed by atoms with Gasteiger partial charge in [-0.15, -0.1) is 0 Å². The fraction of sp³-hybridized carbons (Fsp3) is 0.611. The molecule has 3 heterocycles. The van der Waals surface area contributed by atoms with E-state index in [0.29, 0.717) is 6.54 Å². The van der Waals surface area contributed by atoms with Crippen molar-refractivity contribution in [3.05, 3.63) is 35.2 Å². The van der Waals surface area contributed by atoms with Crippen LogP contribution in [0.25, 0.3) is 0 Å². The molecule has 7 heteroatoms. The van der Waals surface area contributed by atoms with E-state index in [4.69, 9.17) is 0 Å². The number of rotatable bonds is 4. The molecular formula is C18H28N6O. The summed E-state index contributed by atoms with van der Waals surface area (Å²) in [5, 5.41) is 7.86. The zero-order valence-electron chi connectivity index (χ0n) is 15.8. The van der Waals surface area contributed by atoms with Crippen LogP contribution in [0, 0.1) is 19.8 Å². The summed E-state index contributed by atoms with van der Waals surface area (Å²) in [7, 11) is 3.93. The molecule has 1 fully saturated rings. The van der Waals surface area contributed by atoms with Crippen LogP contribution < -0.4 is 5.32 Å². The normalized spacial score (nSPS) is 19.2. The van der Waals surface area contributed by atoms with Crippen LogP contribution in [0.15, 0.2) is 12.4 Å². The molecule has 2 aromatic heterocycles. The van der Waals surface area contributed by atoms with Gasteiger partial charge in [-0.3, -0.25) is 9.48 Å². The highest BCUT2D eigenvalue weighted by atomic mass is 16.2. The average Bonchev–Trinajstić information content (AvgIpc) is 3.12. The number of aryl methyl sites for hydroxylation is 3. The van der Waals surface area contributed by atoms with Crippen LogP contribution in [-0.4, -0.2) is 49.8 Å². The number of carbonyl (C=O) groups is 1. The van der Waals surface area contributed by atoms with E-state index in [1.807, 2.05) is 48.3 Å². The van der Waals surface area contributed by atoms with Gasteiger partial charge in [-0.05, 0) is 25.8 Å².